The Morgan fingerprint density at radius 2 is 2.06 bits per heavy atom. The Balaban J connectivity index is 2.07. The number of hydrogen-bond acceptors (Lipinski definition) is 3. The van der Waals surface area contributed by atoms with Gasteiger partial charge < -0.3 is 9.84 Å². The van der Waals surface area contributed by atoms with Crippen LogP contribution in [0.25, 0.3) is 0 Å². The summed E-state index contributed by atoms with van der Waals surface area (Å²) >= 11 is 0. The molecule has 2 aliphatic rings. The molecule has 1 saturated heterocycles. The Hall–Kier alpha value is -0.680. The van der Waals surface area contributed by atoms with Gasteiger partial charge in [0.2, 0.25) is 0 Å². The van der Waals surface area contributed by atoms with Crippen molar-refractivity contribution in [1.29, 1.82) is 0 Å². The van der Waals surface area contributed by atoms with E-state index in [4.69, 9.17) is 4.74 Å². The number of alkyl halides is 1. The van der Waals surface area contributed by atoms with E-state index in [2.05, 4.69) is 0 Å². The fourth-order valence-electron chi connectivity index (χ4n) is 3.05. The normalized spacial score (nSPS) is 35.6. The first-order valence-corrected chi connectivity index (χ1v) is 6.85. The van der Waals surface area contributed by atoms with Crippen LogP contribution in [0.5, 0.6) is 0 Å². The lowest BCUT2D eigenvalue weighted by Crippen LogP contribution is -2.53. The van der Waals surface area contributed by atoms with E-state index in [0.29, 0.717) is 19.5 Å². The van der Waals surface area contributed by atoms with E-state index in [1.165, 1.54) is 0 Å². The maximum atomic E-state index is 14.1. The first-order chi connectivity index (χ1) is 8.56. The number of nitrogens with zero attached hydrogens (tertiary/aromatic N) is 1. The standard InChI is InChI=1S/C13H22FNO3/c1-10-6-2-3-7-13(10,11(16)17)18-12(14)15-8-4-5-9-15/h10,12H,2-9H2,1H3,(H,16,17). The lowest BCUT2D eigenvalue weighted by Gasteiger charge is -2.40. The second-order valence-corrected chi connectivity index (χ2v) is 5.49. The fourth-order valence-corrected chi connectivity index (χ4v) is 3.05. The van der Waals surface area contributed by atoms with Crippen molar-refractivity contribution < 1.29 is 19.0 Å². The summed E-state index contributed by atoms with van der Waals surface area (Å²) in [5.41, 5.74) is -1.33. The quantitative estimate of drug-likeness (QED) is 0.788. The predicted octanol–water partition coefficient (Wildman–Crippen LogP) is 2.39. The van der Waals surface area contributed by atoms with Gasteiger partial charge in [-0.3, -0.25) is 4.90 Å². The minimum Gasteiger partial charge on any atom is -0.479 e. The zero-order valence-electron chi connectivity index (χ0n) is 10.9. The molecule has 104 valence electrons. The van der Waals surface area contributed by atoms with E-state index >= 15 is 0 Å². The van der Waals surface area contributed by atoms with Crippen LogP contribution in [0.3, 0.4) is 0 Å². The molecule has 4 nitrogen and oxygen atoms in total. The van der Waals surface area contributed by atoms with E-state index in [-0.39, 0.29) is 5.92 Å². The SMILES string of the molecule is CC1CCCCC1(OC(F)N1CCCC1)C(=O)O. The van der Waals surface area contributed by atoms with Crippen LogP contribution in [0.4, 0.5) is 4.39 Å². The molecule has 0 spiro atoms. The van der Waals surface area contributed by atoms with Crippen molar-refractivity contribution in [3.05, 3.63) is 0 Å². The average molecular weight is 259 g/mol. The van der Waals surface area contributed by atoms with Gasteiger partial charge in [0.1, 0.15) is 0 Å². The van der Waals surface area contributed by atoms with E-state index in [0.717, 1.165) is 32.1 Å². The molecule has 1 aliphatic carbocycles. The number of carboxylic acids is 1. The molecule has 0 amide bonds. The third-order valence-corrected chi connectivity index (χ3v) is 4.33. The Morgan fingerprint density at radius 3 is 2.61 bits per heavy atom. The Labute approximate surface area is 107 Å². The van der Waals surface area contributed by atoms with Crippen LogP contribution in [0, 0.1) is 5.92 Å². The van der Waals surface area contributed by atoms with Crippen molar-refractivity contribution >= 4 is 5.97 Å². The molecule has 1 N–H and O–H groups in total. The zero-order chi connectivity index (χ0) is 13.2. The number of rotatable bonds is 4. The van der Waals surface area contributed by atoms with Gasteiger partial charge in [0.15, 0.2) is 5.60 Å². The average Bonchev–Trinajstić information content (AvgIpc) is 2.85. The smallest absolute Gasteiger partial charge is 0.336 e. The molecule has 2 fully saturated rings. The van der Waals surface area contributed by atoms with Crippen LogP contribution >= 0.6 is 0 Å². The number of carbonyl (C=O) groups is 1. The highest BCUT2D eigenvalue weighted by Crippen LogP contribution is 2.38. The number of hydrogen-bond donors (Lipinski definition) is 1. The van der Waals surface area contributed by atoms with Crippen LogP contribution in [0.15, 0.2) is 0 Å². The lowest BCUT2D eigenvalue weighted by molar-refractivity contribution is -0.240. The third-order valence-electron chi connectivity index (χ3n) is 4.33. The predicted molar refractivity (Wildman–Crippen MR) is 64.8 cm³/mol. The van der Waals surface area contributed by atoms with E-state index in [1.54, 1.807) is 4.90 Å². The Bertz CT molecular complexity index is 307. The summed E-state index contributed by atoms with van der Waals surface area (Å²) in [5, 5.41) is 9.44. The van der Waals surface area contributed by atoms with Crippen molar-refractivity contribution in [2.24, 2.45) is 5.92 Å². The van der Waals surface area contributed by atoms with Crippen molar-refractivity contribution in [1.82, 2.24) is 4.90 Å². The topological polar surface area (TPSA) is 49.8 Å². The first-order valence-electron chi connectivity index (χ1n) is 6.85. The van der Waals surface area contributed by atoms with Crippen LogP contribution in [-0.2, 0) is 9.53 Å². The van der Waals surface area contributed by atoms with E-state index in [1.807, 2.05) is 6.92 Å². The molecule has 0 aromatic rings. The van der Waals surface area contributed by atoms with Crippen molar-refractivity contribution in [2.45, 2.75) is 57.5 Å². The van der Waals surface area contributed by atoms with Gasteiger partial charge in [0.25, 0.3) is 6.48 Å². The molecule has 0 aromatic carbocycles. The zero-order valence-corrected chi connectivity index (χ0v) is 10.9. The van der Waals surface area contributed by atoms with E-state index in [9.17, 15) is 14.3 Å². The molecule has 1 saturated carbocycles. The second-order valence-electron chi connectivity index (χ2n) is 5.49. The monoisotopic (exact) mass is 259 g/mol. The lowest BCUT2D eigenvalue weighted by atomic mass is 9.76. The van der Waals surface area contributed by atoms with Gasteiger partial charge in [-0.15, -0.1) is 0 Å². The molecular weight excluding hydrogens is 237 g/mol. The minimum atomic E-state index is -1.58. The van der Waals surface area contributed by atoms with Gasteiger partial charge in [0, 0.05) is 13.1 Å². The summed E-state index contributed by atoms with van der Waals surface area (Å²) in [5.74, 6) is -1.15. The summed E-state index contributed by atoms with van der Waals surface area (Å²) in [4.78, 5) is 13.1. The van der Waals surface area contributed by atoms with Gasteiger partial charge in [-0.05, 0) is 38.0 Å². The fraction of sp³-hybridized carbons (Fsp3) is 0.923. The minimum absolute atomic E-state index is 0.135. The summed E-state index contributed by atoms with van der Waals surface area (Å²) in [6.07, 6.45) is 4.92. The van der Waals surface area contributed by atoms with Gasteiger partial charge in [-0.25, -0.2) is 4.79 Å². The highest BCUT2D eigenvalue weighted by atomic mass is 19.1. The molecule has 1 heterocycles. The van der Waals surface area contributed by atoms with Crippen molar-refractivity contribution in [3.63, 3.8) is 0 Å². The summed E-state index contributed by atoms with van der Waals surface area (Å²) in [6, 6.07) is 0. The molecule has 1 aliphatic heterocycles. The largest absolute Gasteiger partial charge is 0.479 e. The van der Waals surface area contributed by atoms with Crippen molar-refractivity contribution in [3.8, 4) is 0 Å². The van der Waals surface area contributed by atoms with Crippen LogP contribution in [0.2, 0.25) is 0 Å². The Kier molecular flexibility index (Phi) is 4.22. The summed E-state index contributed by atoms with van der Waals surface area (Å²) in [7, 11) is 0. The Morgan fingerprint density at radius 1 is 1.39 bits per heavy atom. The summed E-state index contributed by atoms with van der Waals surface area (Å²) < 4.78 is 19.5. The molecule has 0 bridgehead atoms. The van der Waals surface area contributed by atoms with Gasteiger partial charge in [-0.1, -0.05) is 13.3 Å². The molecular formula is C13H22FNO3. The first kappa shape index (κ1) is 13.7. The maximum absolute atomic E-state index is 14.1. The second kappa shape index (κ2) is 5.53. The molecule has 0 radical (unpaired) electrons. The summed E-state index contributed by atoms with van der Waals surface area (Å²) in [6.45, 7) is 1.59. The van der Waals surface area contributed by atoms with Gasteiger partial charge in [-0.2, -0.15) is 4.39 Å². The number of ether oxygens (including phenoxy) is 1. The van der Waals surface area contributed by atoms with Crippen molar-refractivity contribution in [2.75, 3.05) is 13.1 Å². The molecule has 5 heteroatoms. The van der Waals surface area contributed by atoms with Crippen LogP contribution < -0.4 is 0 Å². The molecule has 0 aromatic heterocycles. The van der Waals surface area contributed by atoms with Gasteiger partial charge in [0.05, 0.1) is 0 Å². The highest BCUT2D eigenvalue weighted by Gasteiger charge is 2.49. The maximum Gasteiger partial charge on any atom is 0.336 e. The van der Waals surface area contributed by atoms with Crippen LogP contribution in [-0.4, -0.2) is 41.1 Å². The number of halogens is 1. The highest BCUT2D eigenvalue weighted by molar-refractivity contribution is 5.78. The number of carboxylic acid groups (broad SMARTS) is 1. The number of aliphatic carboxylic acids is 1. The van der Waals surface area contributed by atoms with Crippen LogP contribution in [0.1, 0.15) is 45.4 Å². The number of likely N-dealkylation sites (tertiary alicyclic amines) is 1. The molecule has 2 rings (SSSR count). The molecule has 3 atom stereocenters. The third kappa shape index (κ3) is 2.52. The van der Waals surface area contributed by atoms with E-state index < -0.39 is 18.1 Å². The molecule has 3 unspecified atom stereocenters. The van der Waals surface area contributed by atoms with Gasteiger partial charge >= 0.3 is 5.97 Å². The molecule has 18 heavy (non-hydrogen) atoms.